The van der Waals surface area contributed by atoms with E-state index in [0.717, 1.165) is 32.1 Å². The fraction of sp³-hybridized carbons (Fsp3) is 0.818. The Labute approximate surface area is 96.1 Å². The van der Waals surface area contributed by atoms with Gasteiger partial charge in [0, 0.05) is 13.1 Å². The van der Waals surface area contributed by atoms with Gasteiger partial charge in [-0.15, -0.1) is 0 Å². The summed E-state index contributed by atoms with van der Waals surface area (Å²) >= 11 is 0. The number of hydrogen-bond donors (Lipinski definition) is 2. The molecule has 0 spiro atoms. The Morgan fingerprint density at radius 2 is 1.88 bits per heavy atom. The van der Waals surface area contributed by atoms with Gasteiger partial charge in [-0.25, -0.2) is 0 Å². The smallest absolute Gasteiger partial charge is 0.237 e. The number of primary amides is 1. The Kier molecular flexibility index (Phi) is 4.73. The molecule has 1 saturated carbocycles. The molecule has 0 aromatic rings. The minimum atomic E-state index is -0.488. The second-order valence-electron chi connectivity index (χ2n) is 4.57. The first kappa shape index (κ1) is 13.0. The van der Waals surface area contributed by atoms with Crippen LogP contribution in [-0.4, -0.2) is 36.3 Å². The van der Waals surface area contributed by atoms with Crippen molar-refractivity contribution in [2.45, 2.75) is 38.1 Å². The largest absolute Gasteiger partial charge is 0.368 e. The summed E-state index contributed by atoms with van der Waals surface area (Å²) in [6, 6.07) is -0.0784. The van der Waals surface area contributed by atoms with E-state index in [-0.39, 0.29) is 24.4 Å². The van der Waals surface area contributed by atoms with Crippen molar-refractivity contribution in [1.29, 1.82) is 0 Å². The quantitative estimate of drug-likeness (QED) is 0.656. The average Bonchev–Trinajstić information content (AvgIpc) is 2.40. The third kappa shape index (κ3) is 3.48. The lowest BCUT2D eigenvalue weighted by Crippen LogP contribution is -2.44. The van der Waals surface area contributed by atoms with Crippen molar-refractivity contribution < 1.29 is 9.59 Å². The van der Waals surface area contributed by atoms with Crippen LogP contribution in [0.25, 0.3) is 0 Å². The number of rotatable bonds is 3. The van der Waals surface area contributed by atoms with Gasteiger partial charge in [0.25, 0.3) is 0 Å². The van der Waals surface area contributed by atoms with E-state index in [0.29, 0.717) is 0 Å². The molecular weight excluding hydrogens is 206 g/mol. The predicted octanol–water partition coefficient (Wildman–Crippen LogP) is -0.162. The first-order valence-electron chi connectivity index (χ1n) is 5.81. The first-order valence-corrected chi connectivity index (χ1v) is 5.81. The first-order chi connectivity index (χ1) is 7.52. The van der Waals surface area contributed by atoms with E-state index in [1.807, 2.05) is 0 Å². The van der Waals surface area contributed by atoms with Crippen LogP contribution in [0.2, 0.25) is 0 Å². The molecule has 0 aliphatic heterocycles. The molecule has 0 bridgehead atoms. The second kappa shape index (κ2) is 5.84. The van der Waals surface area contributed by atoms with E-state index in [2.05, 4.69) is 0 Å². The van der Waals surface area contributed by atoms with E-state index >= 15 is 0 Å². The van der Waals surface area contributed by atoms with Gasteiger partial charge in [-0.3, -0.25) is 9.59 Å². The molecule has 1 aliphatic carbocycles. The molecule has 0 radical (unpaired) electrons. The molecule has 16 heavy (non-hydrogen) atoms. The summed E-state index contributed by atoms with van der Waals surface area (Å²) < 4.78 is 0. The van der Waals surface area contributed by atoms with Gasteiger partial charge in [0.05, 0.1) is 12.5 Å². The van der Waals surface area contributed by atoms with Crippen molar-refractivity contribution >= 4 is 11.8 Å². The topological polar surface area (TPSA) is 89.4 Å². The van der Waals surface area contributed by atoms with Crippen molar-refractivity contribution in [1.82, 2.24) is 4.90 Å². The molecule has 4 N–H and O–H groups in total. The molecule has 0 aromatic carbocycles. The predicted molar refractivity (Wildman–Crippen MR) is 61.4 cm³/mol. The number of likely N-dealkylation sites (N-methyl/N-ethyl adjacent to an activating group) is 1. The van der Waals surface area contributed by atoms with Gasteiger partial charge in [0.1, 0.15) is 0 Å². The second-order valence-corrected chi connectivity index (χ2v) is 4.57. The molecule has 2 atom stereocenters. The highest BCUT2D eigenvalue weighted by Crippen LogP contribution is 2.23. The minimum Gasteiger partial charge on any atom is -0.368 e. The van der Waals surface area contributed by atoms with Gasteiger partial charge in [-0.05, 0) is 12.8 Å². The van der Waals surface area contributed by atoms with Gasteiger partial charge in [-0.1, -0.05) is 19.3 Å². The van der Waals surface area contributed by atoms with Crippen molar-refractivity contribution in [2.75, 3.05) is 13.6 Å². The fourth-order valence-corrected chi connectivity index (χ4v) is 2.24. The SMILES string of the molecule is CN(CC(N)=O)C(=O)C1CCCCCC1N. The molecule has 1 fully saturated rings. The molecule has 2 amide bonds. The maximum Gasteiger partial charge on any atom is 0.237 e. The van der Waals surface area contributed by atoms with E-state index < -0.39 is 5.91 Å². The molecule has 5 nitrogen and oxygen atoms in total. The van der Waals surface area contributed by atoms with Crippen LogP contribution in [0.4, 0.5) is 0 Å². The summed E-state index contributed by atoms with van der Waals surface area (Å²) in [5, 5.41) is 0. The van der Waals surface area contributed by atoms with Gasteiger partial charge in [0.15, 0.2) is 0 Å². The Balaban J connectivity index is 2.59. The molecule has 5 heteroatoms. The van der Waals surface area contributed by atoms with Crippen LogP contribution in [0.3, 0.4) is 0 Å². The monoisotopic (exact) mass is 227 g/mol. The zero-order valence-corrected chi connectivity index (χ0v) is 9.82. The summed E-state index contributed by atoms with van der Waals surface area (Å²) in [5.41, 5.74) is 11.0. The highest BCUT2D eigenvalue weighted by atomic mass is 16.2. The Bertz CT molecular complexity index is 268. The van der Waals surface area contributed by atoms with Crippen LogP contribution in [-0.2, 0) is 9.59 Å². The average molecular weight is 227 g/mol. The molecule has 0 aromatic heterocycles. The Hall–Kier alpha value is -1.10. The zero-order valence-electron chi connectivity index (χ0n) is 9.82. The molecule has 0 saturated heterocycles. The zero-order chi connectivity index (χ0) is 12.1. The molecular formula is C11H21N3O2. The number of carbonyl (C=O) groups excluding carboxylic acids is 2. The van der Waals surface area contributed by atoms with Crippen LogP contribution >= 0.6 is 0 Å². The Morgan fingerprint density at radius 1 is 1.25 bits per heavy atom. The Morgan fingerprint density at radius 3 is 2.50 bits per heavy atom. The number of nitrogens with zero attached hydrogens (tertiary/aromatic N) is 1. The van der Waals surface area contributed by atoms with Gasteiger partial charge in [0.2, 0.25) is 11.8 Å². The number of amides is 2. The highest BCUT2D eigenvalue weighted by Gasteiger charge is 2.29. The molecule has 1 rings (SSSR count). The van der Waals surface area contributed by atoms with Crippen LogP contribution < -0.4 is 11.5 Å². The van der Waals surface area contributed by atoms with E-state index in [1.165, 1.54) is 4.90 Å². The minimum absolute atomic E-state index is 0.0257. The summed E-state index contributed by atoms with van der Waals surface area (Å²) in [4.78, 5) is 24.2. The maximum atomic E-state index is 12.0. The van der Waals surface area contributed by atoms with Gasteiger partial charge >= 0.3 is 0 Å². The van der Waals surface area contributed by atoms with Gasteiger partial charge in [-0.2, -0.15) is 0 Å². The standard InChI is InChI=1S/C11H21N3O2/c1-14(7-10(13)15)11(16)8-5-3-2-4-6-9(8)12/h8-9H,2-7,12H2,1H3,(H2,13,15). The normalized spacial score (nSPS) is 25.9. The lowest BCUT2D eigenvalue weighted by molar-refractivity contribution is -0.138. The van der Waals surface area contributed by atoms with E-state index in [1.54, 1.807) is 7.05 Å². The third-order valence-corrected chi connectivity index (χ3v) is 3.16. The van der Waals surface area contributed by atoms with Crippen molar-refractivity contribution in [2.24, 2.45) is 17.4 Å². The van der Waals surface area contributed by atoms with Crippen molar-refractivity contribution in [3.63, 3.8) is 0 Å². The molecule has 92 valence electrons. The number of carbonyl (C=O) groups is 2. The molecule has 2 unspecified atom stereocenters. The number of hydrogen-bond acceptors (Lipinski definition) is 3. The lowest BCUT2D eigenvalue weighted by atomic mass is 9.94. The van der Waals surface area contributed by atoms with Gasteiger partial charge < -0.3 is 16.4 Å². The van der Waals surface area contributed by atoms with Crippen LogP contribution in [0.5, 0.6) is 0 Å². The summed E-state index contributed by atoms with van der Waals surface area (Å²) in [7, 11) is 1.60. The molecule has 0 heterocycles. The highest BCUT2D eigenvalue weighted by molar-refractivity contribution is 5.85. The van der Waals surface area contributed by atoms with Crippen molar-refractivity contribution in [3.05, 3.63) is 0 Å². The third-order valence-electron chi connectivity index (χ3n) is 3.16. The summed E-state index contributed by atoms with van der Waals surface area (Å²) in [5.74, 6) is -0.682. The van der Waals surface area contributed by atoms with Crippen molar-refractivity contribution in [3.8, 4) is 0 Å². The molecule has 1 aliphatic rings. The summed E-state index contributed by atoms with van der Waals surface area (Å²) in [6.07, 6.45) is 4.97. The van der Waals surface area contributed by atoms with E-state index in [9.17, 15) is 9.59 Å². The lowest BCUT2D eigenvalue weighted by Gasteiger charge is -2.25. The van der Waals surface area contributed by atoms with Crippen LogP contribution in [0.1, 0.15) is 32.1 Å². The van der Waals surface area contributed by atoms with Crippen LogP contribution in [0, 0.1) is 5.92 Å². The van der Waals surface area contributed by atoms with Crippen LogP contribution in [0.15, 0.2) is 0 Å². The number of nitrogens with two attached hydrogens (primary N) is 2. The summed E-state index contributed by atoms with van der Waals surface area (Å²) in [6.45, 7) is -0.0257. The fourth-order valence-electron chi connectivity index (χ4n) is 2.24. The van der Waals surface area contributed by atoms with E-state index in [4.69, 9.17) is 11.5 Å². The maximum absolute atomic E-state index is 12.0.